The van der Waals surface area contributed by atoms with Crippen LogP contribution in [0, 0.1) is 0 Å². The van der Waals surface area contributed by atoms with Crippen molar-refractivity contribution in [1.29, 1.82) is 0 Å². The van der Waals surface area contributed by atoms with E-state index < -0.39 is 6.03 Å². The zero-order valence-corrected chi connectivity index (χ0v) is 15.5. The number of aromatic nitrogens is 3. The molecule has 28 heavy (non-hydrogen) atoms. The number of amides is 4. The highest BCUT2D eigenvalue weighted by molar-refractivity contribution is 6.03. The maximum atomic E-state index is 12.7. The Morgan fingerprint density at radius 2 is 2.18 bits per heavy atom. The molecule has 0 saturated carbocycles. The number of hydrogen-bond acceptors (Lipinski definition) is 5. The Hall–Kier alpha value is -3.23. The highest BCUT2D eigenvalue weighted by Gasteiger charge is 2.32. The fourth-order valence-corrected chi connectivity index (χ4v) is 3.79. The van der Waals surface area contributed by atoms with E-state index in [1.165, 1.54) is 4.90 Å². The summed E-state index contributed by atoms with van der Waals surface area (Å²) in [6.07, 6.45) is 9.15. The summed E-state index contributed by atoms with van der Waals surface area (Å²) in [5.41, 5.74) is 1.09. The first-order chi connectivity index (χ1) is 13.6. The van der Waals surface area contributed by atoms with E-state index in [-0.39, 0.29) is 30.8 Å². The lowest BCUT2D eigenvalue weighted by Crippen LogP contribution is -2.45. The van der Waals surface area contributed by atoms with Gasteiger partial charge in [-0.2, -0.15) is 0 Å². The van der Waals surface area contributed by atoms with E-state index in [4.69, 9.17) is 0 Å². The number of imidazole rings is 1. The Morgan fingerprint density at radius 1 is 1.29 bits per heavy atom. The van der Waals surface area contributed by atoms with Crippen molar-refractivity contribution in [3.8, 4) is 0 Å². The lowest BCUT2D eigenvalue weighted by Gasteiger charge is -2.33. The van der Waals surface area contributed by atoms with Crippen LogP contribution in [0.1, 0.15) is 30.1 Å². The second-order valence-corrected chi connectivity index (χ2v) is 7.16. The van der Waals surface area contributed by atoms with Crippen molar-refractivity contribution in [3.05, 3.63) is 48.3 Å². The quantitative estimate of drug-likeness (QED) is 0.763. The lowest BCUT2D eigenvalue weighted by molar-refractivity contribution is -0.133. The van der Waals surface area contributed by atoms with E-state index in [2.05, 4.69) is 19.9 Å². The highest BCUT2D eigenvalue weighted by Crippen LogP contribution is 2.26. The van der Waals surface area contributed by atoms with Crippen LogP contribution in [0.4, 0.5) is 4.79 Å². The number of piperidine rings is 1. The predicted molar refractivity (Wildman–Crippen MR) is 99.2 cm³/mol. The third-order valence-electron chi connectivity index (χ3n) is 5.16. The molecule has 146 valence electrons. The van der Waals surface area contributed by atoms with Gasteiger partial charge in [0.1, 0.15) is 18.9 Å². The molecule has 0 aromatic carbocycles. The third kappa shape index (κ3) is 3.88. The van der Waals surface area contributed by atoms with E-state index in [0.717, 1.165) is 24.2 Å². The van der Waals surface area contributed by atoms with Gasteiger partial charge in [0.05, 0.1) is 6.54 Å². The van der Waals surface area contributed by atoms with Gasteiger partial charge in [0, 0.05) is 43.8 Å². The SMILES string of the molecule is O=C1CN(CC(=O)N2CCCC(c3nccn3Cc3cccnc3)C2)C(=O)N1. The van der Waals surface area contributed by atoms with Crippen molar-refractivity contribution in [2.24, 2.45) is 0 Å². The molecule has 2 aromatic rings. The van der Waals surface area contributed by atoms with Crippen LogP contribution >= 0.6 is 0 Å². The topological polar surface area (TPSA) is 100 Å². The Morgan fingerprint density at radius 3 is 2.93 bits per heavy atom. The van der Waals surface area contributed by atoms with Gasteiger partial charge in [-0.3, -0.25) is 19.9 Å². The van der Waals surface area contributed by atoms with Crippen molar-refractivity contribution >= 4 is 17.8 Å². The summed E-state index contributed by atoms with van der Waals surface area (Å²) in [6.45, 7) is 1.77. The molecule has 4 rings (SSSR count). The molecule has 2 fully saturated rings. The minimum atomic E-state index is -0.501. The second-order valence-electron chi connectivity index (χ2n) is 7.16. The Balaban J connectivity index is 1.42. The molecule has 2 aromatic heterocycles. The lowest BCUT2D eigenvalue weighted by atomic mass is 9.97. The highest BCUT2D eigenvalue weighted by atomic mass is 16.2. The number of nitrogens with one attached hydrogen (secondary N) is 1. The smallest absolute Gasteiger partial charge is 0.325 e. The zero-order valence-electron chi connectivity index (χ0n) is 15.5. The number of rotatable bonds is 5. The number of pyridine rings is 1. The van der Waals surface area contributed by atoms with Gasteiger partial charge in [0.25, 0.3) is 0 Å². The van der Waals surface area contributed by atoms with Crippen LogP contribution in [0.15, 0.2) is 36.9 Å². The van der Waals surface area contributed by atoms with Crippen LogP contribution in [0.2, 0.25) is 0 Å². The molecule has 1 unspecified atom stereocenters. The second kappa shape index (κ2) is 7.79. The zero-order chi connectivity index (χ0) is 19.5. The molecule has 0 bridgehead atoms. The van der Waals surface area contributed by atoms with Crippen molar-refractivity contribution in [2.75, 3.05) is 26.2 Å². The average molecular weight is 382 g/mol. The first-order valence-corrected chi connectivity index (χ1v) is 9.36. The minimum Gasteiger partial charge on any atom is -0.340 e. The standard InChI is InChI=1S/C19H22N6O3/c26-16-12-25(19(28)22-16)13-17(27)23-7-2-4-15(11-23)18-21-6-8-24(18)10-14-3-1-5-20-9-14/h1,3,5-6,8-9,15H,2,4,7,10-13H2,(H,22,26,28). The first kappa shape index (κ1) is 18.1. The fraction of sp³-hybridized carbons (Fsp3) is 0.421. The number of likely N-dealkylation sites (tertiary alicyclic amines) is 1. The number of nitrogens with zero attached hydrogens (tertiary/aromatic N) is 5. The van der Waals surface area contributed by atoms with Crippen LogP contribution in [-0.4, -0.2) is 68.4 Å². The summed E-state index contributed by atoms with van der Waals surface area (Å²) in [7, 11) is 0. The average Bonchev–Trinajstić information content (AvgIpc) is 3.28. The molecule has 1 atom stereocenters. The maximum absolute atomic E-state index is 12.7. The van der Waals surface area contributed by atoms with Crippen LogP contribution in [0.25, 0.3) is 0 Å². The van der Waals surface area contributed by atoms with E-state index in [1.807, 2.05) is 24.5 Å². The summed E-state index contributed by atoms with van der Waals surface area (Å²) in [4.78, 5) is 47.3. The third-order valence-corrected chi connectivity index (χ3v) is 5.16. The Kier molecular flexibility index (Phi) is 5.05. The monoisotopic (exact) mass is 382 g/mol. The molecule has 0 aliphatic carbocycles. The Bertz CT molecular complexity index is 881. The number of hydrogen-bond donors (Lipinski definition) is 1. The number of imide groups is 1. The molecule has 0 spiro atoms. The van der Waals surface area contributed by atoms with Gasteiger partial charge in [0.2, 0.25) is 11.8 Å². The predicted octanol–water partition coefficient (Wildman–Crippen LogP) is 0.584. The molecular weight excluding hydrogens is 360 g/mol. The summed E-state index contributed by atoms with van der Waals surface area (Å²) in [6, 6.07) is 3.43. The van der Waals surface area contributed by atoms with Crippen LogP contribution in [0.5, 0.6) is 0 Å². The van der Waals surface area contributed by atoms with Gasteiger partial charge in [-0.15, -0.1) is 0 Å². The van der Waals surface area contributed by atoms with Crippen molar-refractivity contribution < 1.29 is 14.4 Å². The van der Waals surface area contributed by atoms with E-state index in [9.17, 15) is 14.4 Å². The molecule has 9 nitrogen and oxygen atoms in total. The van der Waals surface area contributed by atoms with Gasteiger partial charge < -0.3 is 14.4 Å². The summed E-state index contributed by atoms with van der Waals surface area (Å²) in [5, 5.41) is 2.20. The van der Waals surface area contributed by atoms with Gasteiger partial charge in [0.15, 0.2) is 0 Å². The van der Waals surface area contributed by atoms with Gasteiger partial charge in [-0.05, 0) is 24.5 Å². The van der Waals surface area contributed by atoms with Gasteiger partial charge in [-0.25, -0.2) is 9.78 Å². The summed E-state index contributed by atoms with van der Waals surface area (Å²) >= 11 is 0. The van der Waals surface area contributed by atoms with E-state index >= 15 is 0 Å². The number of carbonyl (C=O) groups excluding carboxylic acids is 3. The maximum Gasteiger partial charge on any atom is 0.325 e. The number of carbonyl (C=O) groups is 3. The van der Waals surface area contributed by atoms with E-state index in [0.29, 0.717) is 19.6 Å². The van der Waals surface area contributed by atoms with Crippen molar-refractivity contribution in [1.82, 2.24) is 29.7 Å². The van der Waals surface area contributed by atoms with Crippen molar-refractivity contribution in [2.45, 2.75) is 25.3 Å². The molecule has 4 heterocycles. The molecule has 2 aliphatic rings. The van der Waals surface area contributed by atoms with Gasteiger partial charge in [-0.1, -0.05) is 6.07 Å². The Labute approximate surface area is 162 Å². The molecule has 0 radical (unpaired) electrons. The minimum absolute atomic E-state index is 0.0582. The van der Waals surface area contributed by atoms with Crippen LogP contribution in [0.3, 0.4) is 0 Å². The molecule has 2 saturated heterocycles. The number of urea groups is 1. The fourth-order valence-electron chi connectivity index (χ4n) is 3.79. The molecule has 9 heteroatoms. The van der Waals surface area contributed by atoms with E-state index in [1.54, 1.807) is 17.3 Å². The van der Waals surface area contributed by atoms with Crippen LogP contribution < -0.4 is 5.32 Å². The molecule has 2 aliphatic heterocycles. The largest absolute Gasteiger partial charge is 0.340 e. The molecule has 4 amide bonds. The van der Waals surface area contributed by atoms with Crippen molar-refractivity contribution in [3.63, 3.8) is 0 Å². The first-order valence-electron chi connectivity index (χ1n) is 9.36. The normalized spacial score (nSPS) is 19.8. The van der Waals surface area contributed by atoms with Gasteiger partial charge >= 0.3 is 6.03 Å². The molecule has 1 N–H and O–H groups in total. The van der Waals surface area contributed by atoms with Crippen LogP contribution in [-0.2, 0) is 16.1 Å². The summed E-state index contributed by atoms with van der Waals surface area (Å²) < 4.78 is 2.10. The molecular formula is C19H22N6O3. The summed E-state index contributed by atoms with van der Waals surface area (Å²) in [5.74, 6) is 0.584.